The molecule has 0 aliphatic heterocycles. The van der Waals surface area contributed by atoms with Crippen molar-refractivity contribution in [1.29, 1.82) is 0 Å². The van der Waals surface area contributed by atoms with Crippen molar-refractivity contribution in [3.8, 4) is 0 Å². The van der Waals surface area contributed by atoms with Gasteiger partial charge < -0.3 is 4.74 Å². The molecule has 0 aliphatic rings. The summed E-state index contributed by atoms with van der Waals surface area (Å²) in [5, 5.41) is 0.236. The van der Waals surface area contributed by atoms with Crippen LogP contribution in [0.4, 0.5) is 0 Å². The first-order valence-corrected chi connectivity index (χ1v) is 2.75. The van der Waals surface area contributed by atoms with E-state index in [0.717, 1.165) is 0 Å². The summed E-state index contributed by atoms with van der Waals surface area (Å²) < 4.78 is 4.89. The van der Waals surface area contributed by atoms with E-state index in [9.17, 15) is 0 Å². The Hall–Kier alpha value is -0.350. The fraction of sp³-hybridized carbons (Fsp3) is 0.750. The molecular formula is C4H10N2OS. The summed E-state index contributed by atoms with van der Waals surface area (Å²) in [6.07, 6.45) is 0.0959. The molecule has 0 aromatic rings. The molecule has 0 saturated heterocycles. The van der Waals surface area contributed by atoms with Crippen LogP contribution in [0.15, 0.2) is 0 Å². The molecule has 0 rings (SSSR count). The minimum Gasteiger partial charge on any atom is -0.467 e. The standard InChI is InChI=1S/C4H10N2OS/c1-3(2)7-4(8)6-5/h3H,5H2,1-2H3,(H,6,8). The van der Waals surface area contributed by atoms with Crippen LogP contribution in [0.1, 0.15) is 13.8 Å². The van der Waals surface area contributed by atoms with Crippen molar-refractivity contribution in [2.24, 2.45) is 5.84 Å². The van der Waals surface area contributed by atoms with E-state index >= 15 is 0 Å². The number of ether oxygens (including phenoxy) is 1. The summed E-state index contributed by atoms with van der Waals surface area (Å²) in [5.74, 6) is 4.90. The SMILES string of the molecule is CC(C)OC(=S)NN. The van der Waals surface area contributed by atoms with Gasteiger partial charge in [0.05, 0.1) is 6.10 Å². The van der Waals surface area contributed by atoms with Crippen molar-refractivity contribution in [1.82, 2.24) is 5.43 Å². The number of nitrogens with two attached hydrogens (primary N) is 1. The highest BCUT2D eigenvalue weighted by Gasteiger charge is 1.94. The first-order valence-electron chi connectivity index (χ1n) is 2.34. The number of nitrogens with one attached hydrogen (secondary N) is 1. The largest absolute Gasteiger partial charge is 0.467 e. The third-order valence-corrected chi connectivity index (χ3v) is 0.675. The molecule has 0 atom stereocenters. The molecule has 0 aromatic carbocycles. The van der Waals surface area contributed by atoms with E-state index < -0.39 is 0 Å². The van der Waals surface area contributed by atoms with Gasteiger partial charge in [0.25, 0.3) is 5.17 Å². The van der Waals surface area contributed by atoms with Crippen molar-refractivity contribution in [3.05, 3.63) is 0 Å². The molecule has 0 fully saturated rings. The third-order valence-electron chi connectivity index (χ3n) is 0.461. The lowest BCUT2D eigenvalue weighted by Crippen LogP contribution is -2.32. The molecule has 0 spiro atoms. The Labute approximate surface area is 54.2 Å². The molecule has 0 aromatic heterocycles. The summed E-state index contributed by atoms with van der Waals surface area (Å²) >= 11 is 4.57. The van der Waals surface area contributed by atoms with Gasteiger partial charge in [-0.2, -0.15) is 0 Å². The molecule has 0 bridgehead atoms. The van der Waals surface area contributed by atoms with Crippen molar-refractivity contribution in [3.63, 3.8) is 0 Å². The lowest BCUT2D eigenvalue weighted by molar-refractivity contribution is 0.224. The van der Waals surface area contributed by atoms with Gasteiger partial charge in [-0.3, -0.25) is 5.43 Å². The van der Waals surface area contributed by atoms with Gasteiger partial charge >= 0.3 is 0 Å². The highest BCUT2D eigenvalue weighted by atomic mass is 32.1. The van der Waals surface area contributed by atoms with E-state index in [2.05, 4.69) is 17.6 Å². The van der Waals surface area contributed by atoms with Crippen LogP contribution in [-0.2, 0) is 4.74 Å². The Bertz CT molecular complexity index is 84.1. The lowest BCUT2D eigenvalue weighted by Gasteiger charge is -2.07. The molecule has 48 valence electrons. The zero-order chi connectivity index (χ0) is 6.57. The van der Waals surface area contributed by atoms with Crippen molar-refractivity contribution in [2.45, 2.75) is 20.0 Å². The van der Waals surface area contributed by atoms with Gasteiger partial charge in [0.15, 0.2) is 0 Å². The predicted molar refractivity (Wildman–Crippen MR) is 36.1 cm³/mol. The van der Waals surface area contributed by atoms with Crippen LogP contribution in [0.25, 0.3) is 0 Å². The average Bonchev–Trinajstić information content (AvgIpc) is 1.65. The molecule has 3 nitrogen and oxygen atoms in total. The summed E-state index contributed by atoms with van der Waals surface area (Å²) in [6.45, 7) is 3.76. The van der Waals surface area contributed by atoms with E-state index in [1.165, 1.54) is 0 Å². The Morgan fingerprint density at radius 1 is 1.75 bits per heavy atom. The normalized spacial score (nSPS) is 9.00. The molecular weight excluding hydrogens is 124 g/mol. The van der Waals surface area contributed by atoms with E-state index in [-0.39, 0.29) is 11.3 Å². The number of hydrazine groups is 1. The number of hydrogen-bond donors (Lipinski definition) is 2. The van der Waals surface area contributed by atoms with E-state index in [1.807, 2.05) is 13.8 Å². The maximum absolute atomic E-state index is 4.90. The minimum atomic E-state index is 0.0959. The molecule has 0 saturated carbocycles. The molecule has 0 heterocycles. The minimum absolute atomic E-state index is 0.0959. The quantitative estimate of drug-likeness (QED) is 0.305. The van der Waals surface area contributed by atoms with Gasteiger partial charge in [0.1, 0.15) is 0 Å². The fourth-order valence-corrected chi connectivity index (χ4v) is 0.441. The zero-order valence-electron chi connectivity index (χ0n) is 4.97. The van der Waals surface area contributed by atoms with Gasteiger partial charge in [-0.1, -0.05) is 0 Å². The Morgan fingerprint density at radius 3 is 2.38 bits per heavy atom. The van der Waals surface area contributed by atoms with Gasteiger partial charge in [-0.05, 0) is 26.1 Å². The van der Waals surface area contributed by atoms with Crippen LogP contribution in [-0.4, -0.2) is 11.3 Å². The number of hydrogen-bond acceptors (Lipinski definition) is 3. The third kappa shape index (κ3) is 3.83. The van der Waals surface area contributed by atoms with E-state index in [0.29, 0.717) is 0 Å². The van der Waals surface area contributed by atoms with Gasteiger partial charge in [0, 0.05) is 0 Å². The zero-order valence-corrected chi connectivity index (χ0v) is 5.79. The second-order valence-electron chi connectivity index (χ2n) is 1.60. The molecule has 0 unspecified atom stereocenters. The molecule has 0 amide bonds. The van der Waals surface area contributed by atoms with Gasteiger partial charge in [-0.25, -0.2) is 5.84 Å². The highest BCUT2D eigenvalue weighted by Crippen LogP contribution is 1.86. The molecule has 3 N–H and O–H groups in total. The van der Waals surface area contributed by atoms with Crippen molar-refractivity contribution < 1.29 is 4.74 Å². The topological polar surface area (TPSA) is 47.3 Å². The Kier molecular flexibility index (Phi) is 3.47. The van der Waals surface area contributed by atoms with Gasteiger partial charge in [-0.15, -0.1) is 0 Å². The maximum atomic E-state index is 4.90. The molecule has 4 heteroatoms. The first-order chi connectivity index (χ1) is 3.66. The van der Waals surface area contributed by atoms with Crippen LogP contribution in [0.5, 0.6) is 0 Å². The highest BCUT2D eigenvalue weighted by molar-refractivity contribution is 7.80. The smallest absolute Gasteiger partial charge is 0.271 e. The van der Waals surface area contributed by atoms with Crippen LogP contribution >= 0.6 is 12.2 Å². The average molecular weight is 134 g/mol. The number of rotatable bonds is 1. The van der Waals surface area contributed by atoms with Crippen molar-refractivity contribution in [2.75, 3.05) is 0 Å². The number of thiocarbonyl (C=S) groups is 1. The van der Waals surface area contributed by atoms with Crippen LogP contribution in [0.2, 0.25) is 0 Å². The van der Waals surface area contributed by atoms with Crippen LogP contribution in [0.3, 0.4) is 0 Å². The molecule has 0 radical (unpaired) electrons. The monoisotopic (exact) mass is 134 g/mol. The summed E-state index contributed by atoms with van der Waals surface area (Å²) in [5.41, 5.74) is 2.21. The fourth-order valence-electron chi connectivity index (χ4n) is 0.248. The van der Waals surface area contributed by atoms with E-state index in [1.54, 1.807) is 0 Å². The molecule has 8 heavy (non-hydrogen) atoms. The predicted octanol–water partition coefficient (Wildman–Crippen LogP) is 0.160. The second-order valence-corrected chi connectivity index (χ2v) is 1.97. The van der Waals surface area contributed by atoms with Crippen LogP contribution < -0.4 is 11.3 Å². The lowest BCUT2D eigenvalue weighted by atomic mass is 10.5. The maximum Gasteiger partial charge on any atom is 0.271 e. The Balaban J connectivity index is 3.25. The second kappa shape index (κ2) is 3.63. The van der Waals surface area contributed by atoms with Crippen molar-refractivity contribution >= 4 is 17.4 Å². The summed E-state index contributed by atoms with van der Waals surface area (Å²) in [4.78, 5) is 0. The van der Waals surface area contributed by atoms with E-state index in [4.69, 9.17) is 10.6 Å². The first kappa shape index (κ1) is 7.65. The summed E-state index contributed by atoms with van der Waals surface area (Å²) in [7, 11) is 0. The van der Waals surface area contributed by atoms with Gasteiger partial charge in [0.2, 0.25) is 0 Å². The molecule has 0 aliphatic carbocycles. The summed E-state index contributed by atoms with van der Waals surface area (Å²) in [6, 6.07) is 0. The Morgan fingerprint density at radius 2 is 2.25 bits per heavy atom. The van der Waals surface area contributed by atoms with Crippen LogP contribution in [0, 0.1) is 0 Å².